The molecular weight excluding hydrogens is 234 g/mol. The van der Waals surface area contributed by atoms with Crippen molar-refractivity contribution in [3.05, 3.63) is 29.8 Å². The Hall–Kier alpha value is -2.04. The molecule has 1 fully saturated rings. The standard InChI is InChI=1S/C13H15NO4/c1-9-3-5-10(6-4-9)14-8-13(2,7-11(15)16)18-12(14)17/h3-6H,7-8H2,1-2H3,(H,15,16). The van der Waals surface area contributed by atoms with Crippen LogP contribution in [0, 0.1) is 6.92 Å². The van der Waals surface area contributed by atoms with Crippen LogP contribution in [0.2, 0.25) is 0 Å². The number of carboxylic acids is 1. The van der Waals surface area contributed by atoms with Crippen LogP contribution < -0.4 is 4.90 Å². The lowest BCUT2D eigenvalue weighted by Crippen LogP contribution is -2.33. The molecule has 1 aromatic rings. The Morgan fingerprint density at radius 2 is 2.06 bits per heavy atom. The monoisotopic (exact) mass is 249 g/mol. The molecule has 96 valence electrons. The molecule has 0 aliphatic carbocycles. The molecule has 1 aromatic carbocycles. The number of carboxylic acid groups (broad SMARTS) is 1. The van der Waals surface area contributed by atoms with Crippen molar-refractivity contribution in [1.82, 2.24) is 0 Å². The van der Waals surface area contributed by atoms with Gasteiger partial charge in [0.1, 0.15) is 5.60 Å². The molecule has 0 bridgehead atoms. The van der Waals surface area contributed by atoms with E-state index in [0.29, 0.717) is 0 Å². The fourth-order valence-electron chi connectivity index (χ4n) is 2.03. The highest BCUT2D eigenvalue weighted by Crippen LogP contribution is 2.30. The van der Waals surface area contributed by atoms with E-state index in [4.69, 9.17) is 9.84 Å². The summed E-state index contributed by atoms with van der Waals surface area (Å²) in [4.78, 5) is 24.0. The van der Waals surface area contributed by atoms with Crippen molar-refractivity contribution in [3.8, 4) is 0 Å². The number of benzene rings is 1. The van der Waals surface area contributed by atoms with Gasteiger partial charge in [0, 0.05) is 5.69 Å². The molecule has 0 aromatic heterocycles. The molecule has 1 unspecified atom stereocenters. The first-order chi connectivity index (χ1) is 8.39. The van der Waals surface area contributed by atoms with E-state index in [9.17, 15) is 9.59 Å². The lowest BCUT2D eigenvalue weighted by molar-refractivity contribution is -0.140. The lowest BCUT2D eigenvalue weighted by Gasteiger charge is -2.19. The van der Waals surface area contributed by atoms with Gasteiger partial charge in [0.2, 0.25) is 0 Å². The van der Waals surface area contributed by atoms with Gasteiger partial charge in [-0.15, -0.1) is 0 Å². The van der Waals surface area contributed by atoms with Gasteiger partial charge in [-0.05, 0) is 26.0 Å². The summed E-state index contributed by atoms with van der Waals surface area (Å²) in [6, 6.07) is 7.44. The zero-order chi connectivity index (χ0) is 13.3. The normalized spacial score (nSPS) is 23.0. The molecule has 2 rings (SSSR count). The number of rotatable bonds is 3. The van der Waals surface area contributed by atoms with Gasteiger partial charge >= 0.3 is 12.1 Å². The van der Waals surface area contributed by atoms with E-state index in [-0.39, 0.29) is 13.0 Å². The van der Waals surface area contributed by atoms with Crippen LogP contribution in [0.5, 0.6) is 0 Å². The predicted molar refractivity (Wildman–Crippen MR) is 65.7 cm³/mol. The van der Waals surface area contributed by atoms with Crippen molar-refractivity contribution in [3.63, 3.8) is 0 Å². The Kier molecular flexibility index (Phi) is 2.98. The Labute approximate surface area is 105 Å². The molecule has 1 heterocycles. The Balaban J connectivity index is 2.19. The molecule has 0 spiro atoms. The maximum Gasteiger partial charge on any atom is 0.415 e. The fraction of sp³-hybridized carbons (Fsp3) is 0.385. The lowest BCUT2D eigenvalue weighted by atomic mass is 10.0. The van der Waals surface area contributed by atoms with Gasteiger partial charge < -0.3 is 9.84 Å². The number of hydrogen-bond acceptors (Lipinski definition) is 3. The minimum Gasteiger partial charge on any atom is -0.481 e. The fourth-order valence-corrected chi connectivity index (χ4v) is 2.03. The molecule has 1 amide bonds. The maximum atomic E-state index is 11.8. The number of carbonyl (C=O) groups is 2. The second-order valence-corrected chi connectivity index (χ2v) is 4.81. The largest absolute Gasteiger partial charge is 0.481 e. The molecule has 18 heavy (non-hydrogen) atoms. The highest BCUT2D eigenvalue weighted by atomic mass is 16.6. The van der Waals surface area contributed by atoms with Crippen molar-refractivity contribution in [2.45, 2.75) is 25.9 Å². The topological polar surface area (TPSA) is 66.8 Å². The van der Waals surface area contributed by atoms with Crippen LogP contribution in [-0.2, 0) is 9.53 Å². The van der Waals surface area contributed by atoms with Crippen LogP contribution in [0.1, 0.15) is 18.9 Å². The number of nitrogens with zero attached hydrogens (tertiary/aromatic N) is 1. The van der Waals surface area contributed by atoms with Crippen molar-refractivity contribution >= 4 is 17.7 Å². The summed E-state index contributed by atoms with van der Waals surface area (Å²) in [6.45, 7) is 3.84. The number of aryl methyl sites for hydroxylation is 1. The van der Waals surface area contributed by atoms with E-state index >= 15 is 0 Å². The van der Waals surface area contributed by atoms with Crippen molar-refractivity contribution in [2.75, 3.05) is 11.4 Å². The molecule has 5 nitrogen and oxygen atoms in total. The Bertz CT molecular complexity index is 482. The summed E-state index contributed by atoms with van der Waals surface area (Å²) in [6.07, 6.45) is -0.691. The quantitative estimate of drug-likeness (QED) is 0.891. The molecule has 0 radical (unpaired) electrons. The van der Waals surface area contributed by atoms with E-state index < -0.39 is 17.7 Å². The first-order valence-corrected chi connectivity index (χ1v) is 5.69. The van der Waals surface area contributed by atoms with Gasteiger partial charge in [-0.25, -0.2) is 4.79 Å². The van der Waals surface area contributed by atoms with Crippen LogP contribution in [-0.4, -0.2) is 29.3 Å². The maximum absolute atomic E-state index is 11.8. The van der Waals surface area contributed by atoms with Crippen LogP contribution in [0.4, 0.5) is 10.5 Å². The Morgan fingerprint density at radius 1 is 1.44 bits per heavy atom. The number of carbonyl (C=O) groups excluding carboxylic acids is 1. The highest BCUT2D eigenvalue weighted by Gasteiger charge is 2.43. The average Bonchev–Trinajstić information content (AvgIpc) is 2.54. The van der Waals surface area contributed by atoms with Gasteiger partial charge in [-0.2, -0.15) is 0 Å². The average molecular weight is 249 g/mol. The first-order valence-electron chi connectivity index (χ1n) is 5.69. The first kappa shape index (κ1) is 12.4. The number of hydrogen-bond donors (Lipinski definition) is 1. The summed E-state index contributed by atoms with van der Waals surface area (Å²) < 4.78 is 5.16. The predicted octanol–water partition coefficient (Wildman–Crippen LogP) is 2.19. The second kappa shape index (κ2) is 4.33. The minimum atomic E-state index is -0.976. The van der Waals surface area contributed by atoms with E-state index in [2.05, 4.69) is 0 Å². The molecule has 1 aliphatic rings. The van der Waals surface area contributed by atoms with Crippen LogP contribution in [0.3, 0.4) is 0 Å². The summed E-state index contributed by atoms with van der Waals surface area (Å²) in [5, 5.41) is 8.81. The Morgan fingerprint density at radius 3 is 2.61 bits per heavy atom. The number of aliphatic carboxylic acids is 1. The third kappa shape index (κ3) is 2.45. The van der Waals surface area contributed by atoms with E-state index in [1.54, 1.807) is 6.92 Å². The number of amides is 1. The van der Waals surface area contributed by atoms with Crippen LogP contribution in [0.15, 0.2) is 24.3 Å². The molecule has 1 aliphatic heterocycles. The molecule has 1 saturated heterocycles. The molecular formula is C13H15NO4. The summed E-state index contributed by atoms with van der Waals surface area (Å²) >= 11 is 0. The second-order valence-electron chi connectivity index (χ2n) is 4.81. The summed E-state index contributed by atoms with van der Waals surface area (Å²) in [5.41, 5.74) is 0.854. The number of anilines is 1. The third-order valence-electron chi connectivity index (χ3n) is 2.92. The smallest absolute Gasteiger partial charge is 0.415 e. The summed E-state index contributed by atoms with van der Waals surface area (Å²) in [5.74, 6) is -0.976. The van der Waals surface area contributed by atoms with E-state index in [1.165, 1.54) is 4.90 Å². The van der Waals surface area contributed by atoms with Crippen LogP contribution >= 0.6 is 0 Å². The molecule has 5 heteroatoms. The third-order valence-corrected chi connectivity index (χ3v) is 2.92. The number of cyclic esters (lactones) is 1. The van der Waals surface area contributed by atoms with Gasteiger partial charge in [-0.3, -0.25) is 9.69 Å². The molecule has 1 atom stereocenters. The van der Waals surface area contributed by atoms with Crippen LogP contribution in [0.25, 0.3) is 0 Å². The van der Waals surface area contributed by atoms with Crippen molar-refractivity contribution < 1.29 is 19.4 Å². The van der Waals surface area contributed by atoms with Crippen molar-refractivity contribution in [2.24, 2.45) is 0 Å². The zero-order valence-electron chi connectivity index (χ0n) is 10.3. The SMILES string of the molecule is Cc1ccc(N2CC(C)(CC(=O)O)OC2=O)cc1. The number of ether oxygens (including phenoxy) is 1. The van der Waals surface area contributed by atoms with Gasteiger partial charge in [0.05, 0.1) is 13.0 Å². The van der Waals surface area contributed by atoms with Gasteiger partial charge in [0.25, 0.3) is 0 Å². The molecule has 0 saturated carbocycles. The van der Waals surface area contributed by atoms with E-state index in [0.717, 1.165) is 11.3 Å². The van der Waals surface area contributed by atoms with Gasteiger partial charge in [-0.1, -0.05) is 17.7 Å². The van der Waals surface area contributed by atoms with Crippen molar-refractivity contribution in [1.29, 1.82) is 0 Å². The van der Waals surface area contributed by atoms with E-state index in [1.807, 2.05) is 31.2 Å². The highest BCUT2D eigenvalue weighted by molar-refractivity contribution is 5.90. The minimum absolute atomic E-state index is 0.193. The van der Waals surface area contributed by atoms with Gasteiger partial charge in [0.15, 0.2) is 0 Å². The summed E-state index contributed by atoms with van der Waals surface area (Å²) in [7, 11) is 0. The zero-order valence-corrected chi connectivity index (χ0v) is 10.3. The molecule has 1 N–H and O–H groups in total.